The Balaban J connectivity index is 2.20. The minimum Gasteiger partial charge on any atom is -0.451 e. The molecule has 0 aliphatic heterocycles. The van der Waals surface area contributed by atoms with Crippen LogP contribution in [-0.2, 0) is 0 Å². The van der Waals surface area contributed by atoms with Gasteiger partial charge in [0.25, 0.3) is 5.91 Å². The van der Waals surface area contributed by atoms with E-state index < -0.39 is 0 Å². The normalized spacial score (nSPS) is 12.2. The van der Waals surface area contributed by atoms with Crippen LogP contribution < -0.4 is 5.32 Å². The summed E-state index contributed by atoms with van der Waals surface area (Å²) < 4.78 is 5.58. The number of benzene rings is 1. The van der Waals surface area contributed by atoms with Crippen LogP contribution in [0.3, 0.4) is 0 Å². The van der Waals surface area contributed by atoms with Crippen molar-refractivity contribution in [3.8, 4) is 11.3 Å². The summed E-state index contributed by atoms with van der Waals surface area (Å²) in [5.41, 5.74) is 3.34. The summed E-state index contributed by atoms with van der Waals surface area (Å²) in [5.74, 6) is 0.593. The largest absolute Gasteiger partial charge is 0.451 e. The summed E-state index contributed by atoms with van der Waals surface area (Å²) in [6.45, 7) is 5.72. The van der Waals surface area contributed by atoms with E-state index in [1.165, 1.54) is 11.1 Å². The van der Waals surface area contributed by atoms with E-state index in [1.54, 1.807) is 19.1 Å². The monoisotopic (exact) mass is 273 g/mol. The number of hydrogen-bond donors (Lipinski definition) is 2. The van der Waals surface area contributed by atoms with E-state index in [0.717, 1.165) is 5.56 Å². The molecule has 4 nitrogen and oxygen atoms in total. The Morgan fingerprint density at radius 2 is 2.00 bits per heavy atom. The summed E-state index contributed by atoms with van der Waals surface area (Å²) in [5, 5.41) is 11.6. The second-order valence-electron chi connectivity index (χ2n) is 5.02. The molecule has 0 aliphatic rings. The van der Waals surface area contributed by atoms with E-state index in [1.807, 2.05) is 25.1 Å². The van der Waals surface area contributed by atoms with E-state index in [9.17, 15) is 4.79 Å². The summed E-state index contributed by atoms with van der Waals surface area (Å²) in [6, 6.07) is 9.16. The molecule has 1 unspecified atom stereocenters. The Hall–Kier alpha value is -2.07. The Morgan fingerprint density at radius 3 is 2.65 bits per heavy atom. The molecule has 1 atom stereocenters. The van der Waals surface area contributed by atoms with Crippen molar-refractivity contribution in [1.82, 2.24) is 5.32 Å². The van der Waals surface area contributed by atoms with Crippen molar-refractivity contribution < 1.29 is 14.3 Å². The predicted molar refractivity (Wildman–Crippen MR) is 77.6 cm³/mol. The molecule has 1 aromatic heterocycles. The van der Waals surface area contributed by atoms with Gasteiger partial charge in [-0.3, -0.25) is 4.79 Å². The van der Waals surface area contributed by atoms with E-state index in [-0.39, 0.29) is 24.3 Å². The molecule has 0 saturated heterocycles. The van der Waals surface area contributed by atoms with Crippen molar-refractivity contribution in [3.63, 3.8) is 0 Å². The fraction of sp³-hybridized carbons (Fsp3) is 0.312. The number of aryl methyl sites for hydroxylation is 2. The lowest BCUT2D eigenvalue weighted by atomic mass is 10.1. The van der Waals surface area contributed by atoms with E-state index in [2.05, 4.69) is 12.2 Å². The number of rotatable bonds is 4. The van der Waals surface area contributed by atoms with Crippen LogP contribution in [0, 0.1) is 13.8 Å². The molecular formula is C16H19NO3. The van der Waals surface area contributed by atoms with Gasteiger partial charge in [0.2, 0.25) is 0 Å². The lowest BCUT2D eigenvalue weighted by Crippen LogP contribution is -2.34. The first-order valence-electron chi connectivity index (χ1n) is 6.60. The Bertz CT molecular complexity index is 616. The maximum absolute atomic E-state index is 11.9. The molecule has 2 rings (SSSR count). The summed E-state index contributed by atoms with van der Waals surface area (Å²) >= 11 is 0. The molecule has 0 bridgehead atoms. The van der Waals surface area contributed by atoms with Gasteiger partial charge in [-0.1, -0.05) is 12.1 Å². The molecule has 0 aliphatic carbocycles. The molecule has 1 heterocycles. The summed E-state index contributed by atoms with van der Waals surface area (Å²) in [7, 11) is 0. The Kier molecular flexibility index (Phi) is 4.25. The smallest absolute Gasteiger partial charge is 0.287 e. The van der Waals surface area contributed by atoms with E-state index in [4.69, 9.17) is 9.52 Å². The van der Waals surface area contributed by atoms with Gasteiger partial charge in [0, 0.05) is 11.6 Å². The van der Waals surface area contributed by atoms with Gasteiger partial charge < -0.3 is 14.8 Å². The van der Waals surface area contributed by atoms with Crippen molar-refractivity contribution >= 4 is 5.91 Å². The maximum Gasteiger partial charge on any atom is 0.287 e. The number of carbonyl (C=O) groups is 1. The summed E-state index contributed by atoms with van der Waals surface area (Å²) in [6.07, 6.45) is 0. The third-order valence-electron chi connectivity index (χ3n) is 3.27. The molecule has 2 N–H and O–H groups in total. The van der Waals surface area contributed by atoms with Gasteiger partial charge in [-0.05, 0) is 50.1 Å². The Morgan fingerprint density at radius 1 is 1.25 bits per heavy atom. The molecule has 106 valence electrons. The number of furan rings is 1. The molecule has 0 fully saturated rings. The zero-order valence-electron chi connectivity index (χ0n) is 11.9. The maximum atomic E-state index is 11.9. The zero-order valence-corrected chi connectivity index (χ0v) is 11.9. The first-order chi connectivity index (χ1) is 9.51. The quantitative estimate of drug-likeness (QED) is 0.900. The highest BCUT2D eigenvalue weighted by molar-refractivity contribution is 5.92. The molecule has 2 aromatic rings. The first-order valence-corrected chi connectivity index (χ1v) is 6.60. The highest BCUT2D eigenvalue weighted by Crippen LogP contribution is 2.24. The van der Waals surface area contributed by atoms with Crippen LogP contribution >= 0.6 is 0 Å². The molecule has 4 heteroatoms. The highest BCUT2D eigenvalue weighted by atomic mass is 16.4. The second kappa shape index (κ2) is 5.92. The number of hydrogen-bond acceptors (Lipinski definition) is 3. The SMILES string of the molecule is Cc1ccc(-c2ccc(C(=O)NC(C)CO)o2)cc1C. The molecule has 1 aromatic carbocycles. The lowest BCUT2D eigenvalue weighted by Gasteiger charge is -2.08. The second-order valence-corrected chi connectivity index (χ2v) is 5.02. The number of nitrogens with one attached hydrogen (secondary N) is 1. The predicted octanol–water partition coefficient (Wildman–Crippen LogP) is 2.67. The number of aliphatic hydroxyl groups excluding tert-OH is 1. The van der Waals surface area contributed by atoms with Gasteiger partial charge in [-0.2, -0.15) is 0 Å². The minimum atomic E-state index is -0.318. The molecule has 0 saturated carbocycles. The van der Waals surface area contributed by atoms with Crippen LogP contribution in [0.2, 0.25) is 0 Å². The van der Waals surface area contributed by atoms with Gasteiger partial charge in [0.15, 0.2) is 5.76 Å². The first kappa shape index (κ1) is 14.3. The van der Waals surface area contributed by atoms with E-state index in [0.29, 0.717) is 5.76 Å². The fourth-order valence-corrected chi connectivity index (χ4v) is 1.85. The third kappa shape index (κ3) is 3.08. The molecule has 0 spiro atoms. The van der Waals surface area contributed by atoms with Gasteiger partial charge in [-0.15, -0.1) is 0 Å². The third-order valence-corrected chi connectivity index (χ3v) is 3.27. The number of aliphatic hydroxyl groups is 1. The van der Waals surface area contributed by atoms with Crippen LogP contribution in [0.5, 0.6) is 0 Å². The van der Waals surface area contributed by atoms with Crippen LogP contribution in [0.4, 0.5) is 0 Å². The van der Waals surface area contributed by atoms with E-state index >= 15 is 0 Å². The highest BCUT2D eigenvalue weighted by Gasteiger charge is 2.14. The van der Waals surface area contributed by atoms with Crippen molar-refractivity contribution in [2.75, 3.05) is 6.61 Å². The van der Waals surface area contributed by atoms with Crippen LogP contribution in [-0.4, -0.2) is 23.7 Å². The topological polar surface area (TPSA) is 62.5 Å². The van der Waals surface area contributed by atoms with Crippen LogP contribution in [0.25, 0.3) is 11.3 Å². The average molecular weight is 273 g/mol. The van der Waals surface area contributed by atoms with Crippen molar-refractivity contribution in [3.05, 3.63) is 47.2 Å². The van der Waals surface area contributed by atoms with Gasteiger partial charge in [-0.25, -0.2) is 0 Å². The standard InChI is InChI=1S/C16H19NO3/c1-10-4-5-13(8-11(10)2)14-6-7-15(20-14)16(19)17-12(3)9-18/h4-8,12,18H,9H2,1-3H3,(H,17,19). The number of amides is 1. The van der Waals surface area contributed by atoms with Crippen LogP contribution in [0.15, 0.2) is 34.7 Å². The molecule has 1 amide bonds. The lowest BCUT2D eigenvalue weighted by molar-refractivity contribution is 0.0895. The van der Waals surface area contributed by atoms with Crippen molar-refractivity contribution in [2.45, 2.75) is 26.8 Å². The average Bonchev–Trinajstić information content (AvgIpc) is 2.91. The van der Waals surface area contributed by atoms with Gasteiger partial charge in [0.05, 0.1) is 6.61 Å². The Labute approximate surface area is 118 Å². The van der Waals surface area contributed by atoms with Crippen molar-refractivity contribution in [2.24, 2.45) is 0 Å². The molecular weight excluding hydrogens is 254 g/mol. The van der Waals surface area contributed by atoms with Gasteiger partial charge in [0.1, 0.15) is 5.76 Å². The fourth-order valence-electron chi connectivity index (χ4n) is 1.85. The molecule has 20 heavy (non-hydrogen) atoms. The van der Waals surface area contributed by atoms with Gasteiger partial charge >= 0.3 is 0 Å². The summed E-state index contributed by atoms with van der Waals surface area (Å²) in [4.78, 5) is 11.9. The molecule has 0 radical (unpaired) electrons. The van der Waals surface area contributed by atoms with Crippen LogP contribution in [0.1, 0.15) is 28.6 Å². The van der Waals surface area contributed by atoms with Crippen molar-refractivity contribution in [1.29, 1.82) is 0 Å². The minimum absolute atomic E-state index is 0.101. The zero-order chi connectivity index (χ0) is 14.7. The number of carbonyl (C=O) groups excluding carboxylic acids is 1.